The number of halogens is 4. The van der Waals surface area contributed by atoms with Crippen LogP contribution < -0.4 is 10.0 Å². The molecule has 0 spiro atoms. The van der Waals surface area contributed by atoms with Crippen LogP contribution in [0.3, 0.4) is 0 Å². The number of amides is 1. The molecule has 10 heteroatoms. The van der Waals surface area contributed by atoms with E-state index in [0.29, 0.717) is 25.5 Å². The molecule has 0 aliphatic carbocycles. The van der Waals surface area contributed by atoms with Crippen molar-refractivity contribution < 1.29 is 30.8 Å². The molecule has 2 rings (SSSR count). The van der Waals surface area contributed by atoms with Gasteiger partial charge < -0.3 is 5.32 Å². The normalized spacial score (nSPS) is 20.0. The molecule has 128 valence electrons. The zero-order valence-electron chi connectivity index (χ0n) is 11.8. The average molecular weight is 354 g/mol. The Morgan fingerprint density at radius 2 is 1.91 bits per heavy atom. The second-order valence-electron chi connectivity index (χ2n) is 5.10. The van der Waals surface area contributed by atoms with Crippen LogP contribution in [0.15, 0.2) is 23.1 Å². The van der Waals surface area contributed by atoms with Crippen LogP contribution in [0.5, 0.6) is 0 Å². The van der Waals surface area contributed by atoms with E-state index in [2.05, 4.69) is 10.0 Å². The van der Waals surface area contributed by atoms with E-state index in [4.69, 9.17) is 0 Å². The zero-order valence-corrected chi connectivity index (χ0v) is 12.6. The van der Waals surface area contributed by atoms with Gasteiger partial charge in [0.1, 0.15) is 11.9 Å². The minimum absolute atomic E-state index is 0.215. The summed E-state index contributed by atoms with van der Waals surface area (Å²) in [7, 11) is -4.39. The summed E-state index contributed by atoms with van der Waals surface area (Å²) >= 11 is 0. The van der Waals surface area contributed by atoms with E-state index in [1.165, 1.54) is 0 Å². The molecule has 1 aromatic carbocycles. The van der Waals surface area contributed by atoms with Gasteiger partial charge in [-0.2, -0.15) is 17.9 Å². The highest BCUT2D eigenvalue weighted by Crippen LogP contribution is 2.32. The number of hydrogen-bond acceptors (Lipinski definition) is 3. The lowest BCUT2D eigenvalue weighted by Crippen LogP contribution is -2.45. The van der Waals surface area contributed by atoms with E-state index < -0.39 is 44.4 Å². The molecule has 0 bridgehead atoms. The Kier molecular flexibility index (Phi) is 4.95. The third-order valence-corrected chi connectivity index (χ3v) is 4.86. The van der Waals surface area contributed by atoms with E-state index in [1.54, 1.807) is 0 Å². The van der Waals surface area contributed by atoms with E-state index >= 15 is 0 Å². The number of benzene rings is 1. The SMILES string of the molecule is O=C1NCCCC[C@@H]1NS(=O)(=O)c1ccc(F)c(C(F)(F)F)c1. The standard InChI is InChI=1S/C13H14F4N2O3S/c14-10-5-4-8(7-9(10)13(15,16)17)23(21,22)19-11-3-1-2-6-18-12(11)20/h4-5,7,11,19H,1-3,6H2,(H,18,20)/t11-/m0/s1. The number of alkyl halides is 3. The van der Waals surface area contributed by atoms with Crippen LogP contribution >= 0.6 is 0 Å². The van der Waals surface area contributed by atoms with Crippen molar-refractivity contribution in [3.8, 4) is 0 Å². The Balaban J connectivity index is 2.31. The first-order chi connectivity index (χ1) is 10.6. The summed E-state index contributed by atoms with van der Waals surface area (Å²) in [5.74, 6) is -2.10. The molecule has 1 amide bonds. The Bertz CT molecular complexity index is 704. The maximum absolute atomic E-state index is 13.2. The molecule has 1 atom stereocenters. The second-order valence-corrected chi connectivity index (χ2v) is 6.81. The van der Waals surface area contributed by atoms with E-state index in [0.717, 1.165) is 6.07 Å². The first-order valence-electron chi connectivity index (χ1n) is 6.78. The number of hydrogen-bond donors (Lipinski definition) is 2. The summed E-state index contributed by atoms with van der Waals surface area (Å²) in [6.45, 7) is 0.409. The highest BCUT2D eigenvalue weighted by molar-refractivity contribution is 7.89. The number of carbonyl (C=O) groups excluding carboxylic acids is 1. The predicted molar refractivity (Wildman–Crippen MR) is 72.4 cm³/mol. The molecule has 1 saturated heterocycles. The Hall–Kier alpha value is -1.68. The monoisotopic (exact) mass is 354 g/mol. The van der Waals surface area contributed by atoms with Crippen LogP contribution in [-0.2, 0) is 21.0 Å². The van der Waals surface area contributed by atoms with E-state index in [-0.39, 0.29) is 12.5 Å². The van der Waals surface area contributed by atoms with Gasteiger partial charge in [0.2, 0.25) is 15.9 Å². The molecule has 2 N–H and O–H groups in total. The zero-order chi connectivity index (χ0) is 17.3. The number of carbonyl (C=O) groups is 1. The van der Waals surface area contributed by atoms with Crippen molar-refractivity contribution in [3.63, 3.8) is 0 Å². The van der Waals surface area contributed by atoms with Gasteiger partial charge in [0, 0.05) is 6.54 Å². The van der Waals surface area contributed by atoms with Gasteiger partial charge in [-0.05, 0) is 37.5 Å². The maximum Gasteiger partial charge on any atom is 0.419 e. The fourth-order valence-corrected chi connectivity index (χ4v) is 3.45. The summed E-state index contributed by atoms with van der Waals surface area (Å²) in [6.07, 6.45) is -3.52. The molecule has 0 aromatic heterocycles. The van der Waals surface area contributed by atoms with Crippen molar-refractivity contribution in [2.24, 2.45) is 0 Å². The molecule has 1 aliphatic rings. The lowest BCUT2D eigenvalue weighted by atomic mass is 10.1. The molecule has 0 saturated carbocycles. The summed E-state index contributed by atoms with van der Waals surface area (Å²) in [5, 5.41) is 2.51. The number of rotatable bonds is 3. The van der Waals surface area contributed by atoms with Crippen molar-refractivity contribution in [1.82, 2.24) is 10.0 Å². The summed E-state index contributed by atoms with van der Waals surface area (Å²) in [4.78, 5) is 11.0. The van der Waals surface area contributed by atoms with Gasteiger partial charge in [-0.1, -0.05) is 0 Å². The highest BCUT2D eigenvalue weighted by Gasteiger charge is 2.36. The molecule has 23 heavy (non-hydrogen) atoms. The van der Waals surface area contributed by atoms with Crippen LogP contribution in [0.2, 0.25) is 0 Å². The molecule has 1 heterocycles. The Labute approximate surface area is 130 Å². The molecule has 0 unspecified atom stereocenters. The van der Waals surface area contributed by atoms with Gasteiger partial charge in [0.05, 0.1) is 10.5 Å². The number of sulfonamides is 1. The van der Waals surface area contributed by atoms with Gasteiger partial charge >= 0.3 is 6.18 Å². The first kappa shape index (κ1) is 17.7. The number of nitrogens with one attached hydrogen (secondary N) is 2. The maximum atomic E-state index is 13.2. The molecule has 0 radical (unpaired) electrons. The van der Waals surface area contributed by atoms with Crippen LogP contribution in [-0.4, -0.2) is 26.9 Å². The largest absolute Gasteiger partial charge is 0.419 e. The lowest BCUT2D eigenvalue weighted by molar-refractivity contribution is -0.140. The van der Waals surface area contributed by atoms with Gasteiger partial charge in [0.25, 0.3) is 0 Å². The van der Waals surface area contributed by atoms with Gasteiger partial charge in [-0.3, -0.25) is 4.79 Å². The van der Waals surface area contributed by atoms with Crippen molar-refractivity contribution >= 4 is 15.9 Å². The van der Waals surface area contributed by atoms with E-state index in [1.807, 2.05) is 0 Å². The summed E-state index contributed by atoms with van der Waals surface area (Å²) < 4.78 is 77.6. The van der Waals surface area contributed by atoms with Crippen LogP contribution in [0.4, 0.5) is 17.6 Å². The Morgan fingerprint density at radius 3 is 2.57 bits per heavy atom. The Morgan fingerprint density at radius 1 is 1.22 bits per heavy atom. The highest BCUT2D eigenvalue weighted by atomic mass is 32.2. The summed E-state index contributed by atoms with van der Waals surface area (Å²) in [6, 6.07) is 0.306. The fourth-order valence-electron chi connectivity index (χ4n) is 2.20. The summed E-state index contributed by atoms with van der Waals surface area (Å²) in [5.41, 5.74) is -1.68. The minimum atomic E-state index is -5.02. The molecule has 1 fully saturated rings. The molecule has 5 nitrogen and oxygen atoms in total. The average Bonchev–Trinajstić information content (AvgIpc) is 2.63. The van der Waals surface area contributed by atoms with Gasteiger partial charge in [-0.15, -0.1) is 0 Å². The molecular weight excluding hydrogens is 340 g/mol. The fraction of sp³-hybridized carbons (Fsp3) is 0.462. The first-order valence-corrected chi connectivity index (χ1v) is 8.26. The predicted octanol–water partition coefficient (Wildman–Crippen LogP) is 1.79. The minimum Gasteiger partial charge on any atom is -0.355 e. The topological polar surface area (TPSA) is 75.3 Å². The van der Waals surface area contributed by atoms with Crippen LogP contribution in [0.25, 0.3) is 0 Å². The van der Waals surface area contributed by atoms with Crippen LogP contribution in [0, 0.1) is 5.82 Å². The molecule has 1 aromatic rings. The third kappa shape index (κ3) is 4.20. The van der Waals surface area contributed by atoms with Gasteiger partial charge in [0.15, 0.2) is 0 Å². The van der Waals surface area contributed by atoms with Crippen molar-refractivity contribution in [3.05, 3.63) is 29.6 Å². The second kappa shape index (κ2) is 6.44. The third-order valence-electron chi connectivity index (χ3n) is 3.39. The quantitative estimate of drug-likeness (QED) is 0.813. The van der Waals surface area contributed by atoms with Crippen LogP contribution in [0.1, 0.15) is 24.8 Å². The van der Waals surface area contributed by atoms with E-state index in [9.17, 15) is 30.8 Å². The lowest BCUT2D eigenvalue weighted by Gasteiger charge is -2.16. The van der Waals surface area contributed by atoms with Crippen molar-refractivity contribution in [2.75, 3.05) is 6.54 Å². The van der Waals surface area contributed by atoms with Gasteiger partial charge in [-0.25, -0.2) is 12.8 Å². The smallest absolute Gasteiger partial charge is 0.355 e. The van der Waals surface area contributed by atoms with Crippen molar-refractivity contribution in [1.29, 1.82) is 0 Å². The molecular formula is C13H14F4N2O3S. The molecule has 1 aliphatic heterocycles. The van der Waals surface area contributed by atoms with Crippen molar-refractivity contribution in [2.45, 2.75) is 36.4 Å².